The molecule has 0 radical (unpaired) electrons. The fraction of sp³-hybridized carbons (Fsp3) is 0.318. The molecule has 1 N–H and O–H groups in total. The number of nitrogens with one attached hydrogen (secondary N) is 1. The van der Waals surface area contributed by atoms with Crippen LogP contribution in [0.15, 0.2) is 67.0 Å². The largest absolute Gasteiger partial charge is 0.327 e. The maximum Gasteiger partial charge on any atom is 0.0963 e. The minimum Gasteiger partial charge on any atom is -0.327 e. The van der Waals surface area contributed by atoms with Gasteiger partial charge in [0.25, 0.3) is 0 Å². The molecule has 0 aliphatic heterocycles. The van der Waals surface area contributed by atoms with Crippen LogP contribution in [0.1, 0.15) is 32.2 Å². The van der Waals surface area contributed by atoms with Crippen molar-refractivity contribution in [3.05, 3.63) is 67.0 Å². The zero-order chi connectivity index (χ0) is 17.5. The van der Waals surface area contributed by atoms with Crippen molar-refractivity contribution in [3.63, 3.8) is 0 Å². The van der Waals surface area contributed by atoms with Crippen LogP contribution in [-0.2, 0) is 0 Å². The summed E-state index contributed by atoms with van der Waals surface area (Å²) in [6.45, 7) is 3.32. The minimum atomic E-state index is 0.466. The van der Waals surface area contributed by atoms with E-state index in [0.717, 1.165) is 25.1 Å². The van der Waals surface area contributed by atoms with Crippen molar-refractivity contribution in [1.82, 2.24) is 14.9 Å². The fourth-order valence-corrected chi connectivity index (χ4v) is 3.38. The summed E-state index contributed by atoms with van der Waals surface area (Å²) in [5, 5.41) is 3.25. The molecule has 3 heteroatoms. The van der Waals surface area contributed by atoms with E-state index in [4.69, 9.17) is 4.98 Å². The Kier molecular flexibility index (Phi) is 6.02. The van der Waals surface area contributed by atoms with E-state index in [1.54, 1.807) is 0 Å². The van der Waals surface area contributed by atoms with E-state index < -0.39 is 0 Å². The van der Waals surface area contributed by atoms with Gasteiger partial charge in [0.15, 0.2) is 0 Å². The van der Waals surface area contributed by atoms with Crippen molar-refractivity contribution in [3.8, 4) is 22.5 Å². The molecule has 0 bridgehead atoms. The lowest BCUT2D eigenvalue weighted by atomic mass is 10.0. The van der Waals surface area contributed by atoms with Gasteiger partial charge < -0.3 is 9.88 Å². The van der Waals surface area contributed by atoms with E-state index in [2.05, 4.69) is 77.5 Å². The fourth-order valence-electron chi connectivity index (χ4n) is 3.38. The summed E-state index contributed by atoms with van der Waals surface area (Å²) in [7, 11) is 2.01. The van der Waals surface area contributed by atoms with Crippen LogP contribution in [0.25, 0.3) is 22.5 Å². The van der Waals surface area contributed by atoms with Crippen molar-refractivity contribution in [2.75, 3.05) is 13.6 Å². The lowest BCUT2D eigenvalue weighted by Crippen LogP contribution is -2.13. The Balaban J connectivity index is 2.05. The van der Waals surface area contributed by atoms with E-state index in [0.29, 0.717) is 6.04 Å². The third-order valence-corrected chi connectivity index (χ3v) is 4.72. The molecule has 0 fully saturated rings. The number of hydrogen-bond donors (Lipinski definition) is 1. The smallest absolute Gasteiger partial charge is 0.0963 e. The average Bonchev–Trinajstić information content (AvgIpc) is 3.11. The first-order valence-corrected chi connectivity index (χ1v) is 9.17. The zero-order valence-corrected chi connectivity index (χ0v) is 15.2. The Labute approximate surface area is 150 Å². The monoisotopic (exact) mass is 333 g/mol. The van der Waals surface area contributed by atoms with Crippen LogP contribution >= 0.6 is 0 Å². The van der Waals surface area contributed by atoms with Gasteiger partial charge in [-0.05, 0) is 32.9 Å². The van der Waals surface area contributed by atoms with Gasteiger partial charge in [-0.15, -0.1) is 0 Å². The van der Waals surface area contributed by atoms with Crippen LogP contribution in [-0.4, -0.2) is 23.1 Å². The van der Waals surface area contributed by atoms with Crippen molar-refractivity contribution < 1.29 is 0 Å². The molecule has 1 unspecified atom stereocenters. The molecule has 0 saturated carbocycles. The molecule has 0 amide bonds. The third-order valence-electron chi connectivity index (χ3n) is 4.72. The van der Waals surface area contributed by atoms with E-state index >= 15 is 0 Å². The van der Waals surface area contributed by atoms with Gasteiger partial charge >= 0.3 is 0 Å². The van der Waals surface area contributed by atoms with Crippen molar-refractivity contribution in [2.45, 2.75) is 32.2 Å². The van der Waals surface area contributed by atoms with Gasteiger partial charge in [0, 0.05) is 17.2 Å². The second-order valence-electron chi connectivity index (χ2n) is 6.39. The van der Waals surface area contributed by atoms with E-state index in [1.165, 1.54) is 23.2 Å². The first kappa shape index (κ1) is 17.4. The van der Waals surface area contributed by atoms with Gasteiger partial charge in [-0.25, -0.2) is 4.98 Å². The van der Waals surface area contributed by atoms with Crippen LogP contribution in [0.2, 0.25) is 0 Å². The lowest BCUT2D eigenvalue weighted by molar-refractivity contribution is 0.438. The SMILES string of the molecule is CCC(CCCNC)n1cnc(-c2ccccc2)c1-c1ccccc1. The Morgan fingerprint density at radius 3 is 2.20 bits per heavy atom. The molecule has 3 aromatic rings. The highest BCUT2D eigenvalue weighted by Crippen LogP contribution is 2.34. The molecule has 1 heterocycles. The molecule has 3 nitrogen and oxygen atoms in total. The average molecular weight is 333 g/mol. The molecule has 0 aliphatic rings. The standard InChI is InChI=1S/C22H27N3/c1-3-20(15-10-16-23-2)25-17-24-21(18-11-6-4-7-12-18)22(25)19-13-8-5-9-14-19/h4-9,11-14,17,20,23H,3,10,15-16H2,1-2H3. The van der Waals surface area contributed by atoms with Gasteiger partial charge in [0.1, 0.15) is 0 Å². The van der Waals surface area contributed by atoms with Gasteiger partial charge in [-0.3, -0.25) is 0 Å². The zero-order valence-electron chi connectivity index (χ0n) is 15.2. The first-order chi connectivity index (χ1) is 12.3. The Morgan fingerprint density at radius 1 is 0.960 bits per heavy atom. The predicted molar refractivity (Wildman–Crippen MR) is 106 cm³/mol. The van der Waals surface area contributed by atoms with Crippen LogP contribution in [0.3, 0.4) is 0 Å². The maximum absolute atomic E-state index is 4.81. The number of rotatable bonds is 8. The molecule has 130 valence electrons. The normalized spacial score (nSPS) is 12.2. The van der Waals surface area contributed by atoms with Crippen LogP contribution in [0.4, 0.5) is 0 Å². The van der Waals surface area contributed by atoms with Gasteiger partial charge in [0.2, 0.25) is 0 Å². The van der Waals surface area contributed by atoms with Crippen LogP contribution in [0.5, 0.6) is 0 Å². The Morgan fingerprint density at radius 2 is 1.60 bits per heavy atom. The molecule has 2 aromatic carbocycles. The van der Waals surface area contributed by atoms with E-state index in [9.17, 15) is 0 Å². The summed E-state index contributed by atoms with van der Waals surface area (Å²) >= 11 is 0. The van der Waals surface area contributed by atoms with Crippen LogP contribution in [0, 0.1) is 0 Å². The van der Waals surface area contributed by atoms with Crippen molar-refractivity contribution >= 4 is 0 Å². The quantitative estimate of drug-likeness (QED) is 0.577. The maximum atomic E-state index is 4.81. The van der Waals surface area contributed by atoms with Gasteiger partial charge in [-0.1, -0.05) is 67.6 Å². The van der Waals surface area contributed by atoms with E-state index in [-0.39, 0.29) is 0 Å². The predicted octanol–water partition coefficient (Wildman–Crippen LogP) is 5.17. The number of aromatic nitrogens is 2. The highest BCUT2D eigenvalue weighted by atomic mass is 15.1. The number of imidazole rings is 1. The minimum absolute atomic E-state index is 0.466. The molecular formula is C22H27N3. The number of hydrogen-bond acceptors (Lipinski definition) is 2. The second-order valence-corrected chi connectivity index (χ2v) is 6.39. The molecule has 0 spiro atoms. The molecule has 3 rings (SSSR count). The molecule has 1 atom stereocenters. The first-order valence-electron chi connectivity index (χ1n) is 9.17. The van der Waals surface area contributed by atoms with Gasteiger partial charge in [-0.2, -0.15) is 0 Å². The topological polar surface area (TPSA) is 29.9 Å². The van der Waals surface area contributed by atoms with E-state index in [1.807, 2.05) is 13.4 Å². The number of benzene rings is 2. The summed E-state index contributed by atoms with van der Waals surface area (Å²) in [6, 6.07) is 21.6. The van der Waals surface area contributed by atoms with Crippen molar-refractivity contribution in [2.24, 2.45) is 0 Å². The van der Waals surface area contributed by atoms with Crippen LogP contribution < -0.4 is 5.32 Å². The highest BCUT2D eigenvalue weighted by Gasteiger charge is 2.19. The summed E-state index contributed by atoms with van der Waals surface area (Å²) < 4.78 is 2.38. The number of nitrogens with zero attached hydrogens (tertiary/aromatic N) is 2. The molecule has 25 heavy (non-hydrogen) atoms. The summed E-state index contributed by atoms with van der Waals surface area (Å²) in [5.74, 6) is 0. The Hall–Kier alpha value is -2.39. The van der Waals surface area contributed by atoms with Crippen molar-refractivity contribution in [1.29, 1.82) is 0 Å². The molecule has 0 aliphatic carbocycles. The molecular weight excluding hydrogens is 306 g/mol. The summed E-state index contributed by atoms with van der Waals surface area (Å²) in [5.41, 5.74) is 4.69. The molecule has 1 aromatic heterocycles. The highest BCUT2D eigenvalue weighted by molar-refractivity contribution is 5.78. The summed E-state index contributed by atoms with van der Waals surface area (Å²) in [6.07, 6.45) is 5.45. The third kappa shape index (κ3) is 3.99. The summed E-state index contributed by atoms with van der Waals surface area (Å²) in [4.78, 5) is 4.81. The molecule has 0 saturated heterocycles. The lowest BCUT2D eigenvalue weighted by Gasteiger charge is -2.20. The Bertz CT molecular complexity index is 762. The second kappa shape index (κ2) is 8.63. The van der Waals surface area contributed by atoms with Gasteiger partial charge in [0.05, 0.1) is 17.7 Å².